The van der Waals surface area contributed by atoms with Crippen LogP contribution in [0.2, 0.25) is 0 Å². The highest BCUT2D eigenvalue weighted by Crippen LogP contribution is 2.44. The van der Waals surface area contributed by atoms with Crippen molar-refractivity contribution in [3.8, 4) is 11.1 Å². The van der Waals surface area contributed by atoms with Gasteiger partial charge < -0.3 is 39.1 Å². The SMILES string of the molecule is CC(C)(C)OC[C@H](NC(=O)OCC1c2ccccc2-c2ccccc21)C(=O)N[C@H]1C[C@@H](OCc2ccccc2)[C@@H](OCc2ccccc2)[C@@H](COCc2ccccc2)O1. The molecule has 10 heteroatoms. The molecule has 1 saturated heterocycles. The van der Waals surface area contributed by atoms with E-state index >= 15 is 0 Å². The van der Waals surface area contributed by atoms with Crippen LogP contribution in [0.3, 0.4) is 0 Å². The van der Waals surface area contributed by atoms with Gasteiger partial charge in [-0.15, -0.1) is 0 Å². The molecule has 7 rings (SSSR count). The predicted molar refractivity (Wildman–Crippen MR) is 225 cm³/mol. The fourth-order valence-electron chi connectivity index (χ4n) is 7.50. The van der Waals surface area contributed by atoms with Crippen LogP contribution in [0, 0.1) is 0 Å². The molecule has 0 unspecified atom stereocenters. The van der Waals surface area contributed by atoms with E-state index in [-0.39, 0.29) is 32.2 Å². The van der Waals surface area contributed by atoms with Crippen molar-refractivity contribution in [2.24, 2.45) is 0 Å². The van der Waals surface area contributed by atoms with Gasteiger partial charge in [-0.3, -0.25) is 4.79 Å². The van der Waals surface area contributed by atoms with Crippen LogP contribution in [0.15, 0.2) is 140 Å². The Labute approximate surface area is 347 Å². The molecule has 1 heterocycles. The molecule has 2 aliphatic rings. The molecule has 1 aliphatic heterocycles. The second kappa shape index (κ2) is 20.1. The Hall–Kier alpha value is -5.36. The first kappa shape index (κ1) is 41.8. The lowest BCUT2D eigenvalue weighted by molar-refractivity contribution is -0.225. The molecule has 0 radical (unpaired) electrons. The zero-order valence-electron chi connectivity index (χ0n) is 34.0. The van der Waals surface area contributed by atoms with E-state index in [2.05, 4.69) is 34.9 Å². The fourth-order valence-corrected chi connectivity index (χ4v) is 7.50. The van der Waals surface area contributed by atoms with Gasteiger partial charge in [0.15, 0.2) is 0 Å². The first-order chi connectivity index (χ1) is 28.7. The van der Waals surface area contributed by atoms with Gasteiger partial charge in [0.1, 0.15) is 31.1 Å². The van der Waals surface area contributed by atoms with Crippen LogP contribution >= 0.6 is 0 Å². The second-order valence-corrected chi connectivity index (χ2v) is 16.0. The van der Waals surface area contributed by atoms with Crippen LogP contribution in [0.5, 0.6) is 0 Å². The zero-order valence-corrected chi connectivity index (χ0v) is 34.0. The Kier molecular flexibility index (Phi) is 14.2. The number of ether oxygens (including phenoxy) is 6. The fraction of sp³-hybridized carbons (Fsp3) is 0.347. The highest BCUT2D eigenvalue weighted by Gasteiger charge is 2.42. The minimum absolute atomic E-state index is 0.0907. The highest BCUT2D eigenvalue weighted by atomic mass is 16.6. The number of fused-ring (bicyclic) bond motifs is 3. The third-order valence-corrected chi connectivity index (χ3v) is 10.4. The van der Waals surface area contributed by atoms with Crippen molar-refractivity contribution in [1.29, 1.82) is 0 Å². The first-order valence-corrected chi connectivity index (χ1v) is 20.3. The smallest absolute Gasteiger partial charge is 0.407 e. The van der Waals surface area contributed by atoms with E-state index in [0.717, 1.165) is 38.9 Å². The van der Waals surface area contributed by atoms with Gasteiger partial charge in [0.25, 0.3) is 0 Å². The van der Waals surface area contributed by atoms with Crippen LogP contribution in [-0.4, -0.2) is 68.0 Å². The maximum atomic E-state index is 14.2. The lowest BCUT2D eigenvalue weighted by atomic mass is 9.98. The summed E-state index contributed by atoms with van der Waals surface area (Å²) in [5.74, 6) is -0.616. The molecule has 5 aromatic carbocycles. The summed E-state index contributed by atoms with van der Waals surface area (Å²) in [5, 5.41) is 5.83. The Morgan fingerprint density at radius 1 is 0.678 bits per heavy atom. The molecular weight excluding hydrogens is 745 g/mol. The summed E-state index contributed by atoms with van der Waals surface area (Å²) < 4.78 is 37.9. The second-order valence-electron chi connectivity index (χ2n) is 16.0. The summed E-state index contributed by atoms with van der Waals surface area (Å²) >= 11 is 0. The minimum atomic E-state index is -1.09. The average molecular weight is 799 g/mol. The lowest BCUT2D eigenvalue weighted by Gasteiger charge is -2.42. The van der Waals surface area contributed by atoms with Gasteiger partial charge >= 0.3 is 6.09 Å². The third kappa shape index (κ3) is 11.7. The Bertz CT molecular complexity index is 2050. The van der Waals surface area contributed by atoms with E-state index in [1.54, 1.807) is 0 Å². The van der Waals surface area contributed by atoms with E-state index in [0.29, 0.717) is 19.8 Å². The van der Waals surface area contributed by atoms with Crippen molar-refractivity contribution in [3.05, 3.63) is 167 Å². The lowest BCUT2D eigenvalue weighted by Crippen LogP contribution is -2.59. The van der Waals surface area contributed by atoms with Crippen molar-refractivity contribution >= 4 is 12.0 Å². The monoisotopic (exact) mass is 798 g/mol. The highest BCUT2D eigenvalue weighted by molar-refractivity contribution is 5.86. The molecule has 1 aliphatic carbocycles. The van der Waals surface area contributed by atoms with Crippen molar-refractivity contribution in [2.45, 2.75) is 89.1 Å². The van der Waals surface area contributed by atoms with Gasteiger partial charge in [-0.05, 0) is 59.7 Å². The molecule has 5 atom stereocenters. The molecule has 308 valence electrons. The molecule has 59 heavy (non-hydrogen) atoms. The van der Waals surface area contributed by atoms with Crippen LogP contribution < -0.4 is 10.6 Å². The van der Waals surface area contributed by atoms with E-state index in [1.807, 2.05) is 136 Å². The quantitative estimate of drug-likeness (QED) is 0.0966. The summed E-state index contributed by atoms with van der Waals surface area (Å²) in [4.78, 5) is 27.7. The molecule has 0 bridgehead atoms. The summed E-state index contributed by atoms with van der Waals surface area (Å²) in [6, 6.07) is 45.0. The number of hydrogen-bond donors (Lipinski definition) is 2. The maximum Gasteiger partial charge on any atom is 0.407 e. The predicted octanol–water partition coefficient (Wildman–Crippen LogP) is 8.33. The number of amides is 2. The molecule has 0 saturated carbocycles. The molecule has 1 fully saturated rings. The van der Waals surface area contributed by atoms with Crippen molar-refractivity contribution < 1.29 is 38.0 Å². The van der Waals surface area contributed by atoms with Gasteiger partial charge in [0.2, 0.25) is 5.91 Å². The van der Waals surface area contributed by atoms with Crippen molar-refractivity contribution in [3.63, 3.8) is 0 Å². The number of carbonyl (C=O) groups is 2. The van der Waals surface area contributed by atoms with E-state index in [9.17, 15) is 9.59 Å². The molecule has 2 amide bonds. The van der Waals surface area contributed by atoms with Crippen molar-refractivity contribution in [2.75, 3.05) is 19.8 Å². The number of alkyl carbamates (subject to hydrolysis) is 1. The standard InChI is InChI=1S/C49H54N2O8/c1-49(2,3)58-32-42(50-48(53)57-31-41-39-25-15-13-23-37(39)38-24-14-16-26-40(38)41)47(52)51-45-27-43(55-29-35-19-9-5-10-20-35)46(56-30-36-21-11-6-12-22-36)44(59-45)33-54-28-34-17-7-4-8-18-34/h4-26,41-46H,27-33H2,1-3H3,(H,50,53)(H,51,52)/t42-,43+,44+,45+,46+/m0/s1. The van der Waals surface area contributed by atoms with Gasteiger partial charge in [0.05, 0.1) is 44.7 Å². The van der Waals surface area contributed by atoms with E-state index in [4.69, 9.17) is 28.4 Å². The Balaban J connectivity index is 1.06. The molecule has 0 spiro atoms. The molecule has 5 aromatic rings. The molecule has 10 nitrogen and oxygen atoms in total. The first-order valence-electron chi connectivity index (χ1n) is 20.3. The molecular formula is C49H54N2O8. The van der Waals surface area contributed by atoms with Crippen LogP contribution in [0.1, 0.15) is 60.9 Å². The third-order valence-electron chi connectivity index (χ3n) is 10.4. The summed E-state index contributed by atoms with van der Waals surface area (Å²) in [7, 11) is 0. The normalized spacial score (nSPS) is 19.3. The van der Waals surface area contributed by atoms with Gasteiger partial charge in [-0.1, -0.05) is 140 Å². The van der Waals surface area contributed by atoms with E-state index < -0.39 is 48.2 Å². The number of rotatable bonds is 17. The van der Waals surface area contributed by atoms with Crippen LogP contribution in [0.4, 0.5) is 4.79 Å². The van der Waals surface area contributed by atoms with Gasteiger partial charge in [-0.2, -0.15) is 0 Å². The summed E-state index contributed by atoms with van der Waals surface area (Å²) in [5.41, 5.74) is 6.90. The van der Waals surface area contributed by atoms with Gasteiger partial charge in [-0.25, -0.2) is 4.79 Å². The zero-order chi connectivity index (χ0) is 41.0. The summed E-state index contributed by atoms with van der Waals surface area (Å²) in [6.45, 7) is 6.91. The average Bonchev–Trinajstić information content (AvgIpc) is 3.57. The number of hydrogen-bond acceptors (Lipinski definition) is 8. The maximum absolute atomic E-state index is 14.2. The molecule has 2 N–H and O–H groups in total. The van der Waals surface area contributed by atoms with E-state index in [1.165, 1.54) is 0 Å². The molecule has 0 aromatic heterocycles. The summed E-state index contributed by atoms with van der Waals surface area (Å²) in [6.07, 6.45) is -2.86. The minimum Gasteiger partial charge on any atom is -0.449 e. The topological polar surface area (TPSA) is 114 Å². The number of benzene rings is 5. The largest absolute Gasteiger partial charge is 0.449 e. The number of nitrogens with one attached hydrogen (secondary N) is 2. The number of carbonyl (C=O) groups excluding carboxylic acids is 2. The van der Waals surface area contributed by atoms with Gasteiger partial charge in [0, 0.05) is 12.3 Å². The van der Waals surface area contributed by atoms with Crippen LogP contribution in [0.25, 0.3) is 11.1 Å². The Morgan fingerprint density at radius 2 is 1.20 bits per heavy atom. The van der Waals surface area contributed by atoms with Crippen LogP contribution in [-0.2, 0) is 53.0 Å². The van der Waals surface area contributed by atoms with Crippen molar-refractivity contribution in [1.82, 2.24) is 10.6 Å². The Morgan fingerprint density at radius 3 is 1.78 bits per heavy atom.